The van der Waals surface area contributed by atoms with Gasteiger partial charge in [-0.1, -0.05) is 52.3 Å². The summed E-state index contributed by atoms with van der Waals surface area (Å²) < 4.78 is 1.09. The molecular formula is C23H39IN+. The van der Waals surface area contributed by atoms with E-state index in [0.29, 0.717) is 16.7 Å². The first-order chi connectivity index (χ1) is 11.1. The molecule has 0 heterocycles. The smallest absolute Gasteiger partial charge is 0.0837 e. The number of quaternary nitrogens is 1. The Bertz CT molecular complexity index is 615. The Morgan fingerprint density at radius 3 is 2.40 bits per heavy atom. The second-order valence-corrected chi connectivity index (χ2v) is 10.5. The summed E-state index contributed by atoms with van der Waals surface area (Å²) in [5.74, 6) is 1.46. The van der Waals surface area contributed by atoms with Crippen LogP contribution < -0.4 is 0 Å². The van der Waals surface area contributed by atoms with E-state index in [2.05, 4.69) is 67.0 Å². The van der Waals surface area contributed by atoms with Crippen molar-refractivity contribution in [3.8, 4) is 0 Å². The molecule has 3 atom stereocenters. The van der Waals surface area contributed by atoms with Crippen molar-refractivity contribution in [3.63, 3.8) is 0 Å². The molecule has 0 aromatic heterocycles. The largest absolute Gasteiger partial charge is 0.330 e. The van der Waals surface area contributed by atoms with Crippen LogP contribution in [-0.4, -0.2) is 32.2 Å². The van der Waals surface area contributed by atoms with Crippen molar-refractivity contribution in [2.75, 3.05) is 27.7 Å². The van der Waals surface area contributed by atoms with Crippen molar-refractivity contribution in [2.45, 2.75) is 71.1 Å². The Morgan fingerprint density at radius 1 is 1.12 bits per heavy atom. The van der Waals surface area contributed by atoms with Crippen molar-refractivity contribution in [1.82, 2.24) is 0 Å². The first-order valence-electron chi connectivity index (χ1n) is 9.99. The van der Waals surface area contributed by atoms with Gasteiger partial charge in [0.15, 0.2) is 0 Å². The van der Waals surface area contributed by atoms with Crippen molar-refractivity contribution < 1.29 is 4.48 Å². The molecule has 142 valence electrons. The lowest BCUT2D eigenvalue weighted by molar-refractivity contribution is -0.878. The van der Waals surface area contributed by atoms with Gasteiger partial charge in [0.1, 0.15) is 0 Å². The Labute approximate surface area is 173 Å². The van der Waals surface area contributed by atoms with Crippen LogP contribution in [0.2, 0.25) is 0 Å². The predicted octanol–water partition coefficient (Wildman–Crippen LogP) is 6.14. The summed E-state index contributed by atoms with van der Waals surface area (Å²) in [6.07, 6.45) is 6.82. The maximum Gasteiger partial charge on any atom is 0.0837 e. The number of hydrogen-bond acceptors (Lipinski definition) is 0. The maximum atomic E-state index is 2.59. The predicted molar refractivity (Wildman–Crippen MR) is 120 cm³/mol. The van der Waals surface area contributed by atoms with Gasteiger partial charge < -0.3 is 4.48 Å². The van der Waals surface area contributed by atoms with Crippen LogP contribution in [0.1, 0.15) is 76.0 Å². The summed E-state index contributed by atoms with van der Waals surface area (Å²) >= 11 is 0. The lowest BCUT2D eigenvalue weighted by Crippen LogP contribution is -2.55. The summed E-state index contributed by atoms with van der Waals surface area (Å²) in [4.78, 5) is 0. The maximum absolute atomic E-state index is 2.59. The molecule has 0 bridgehead atoms. The number of hydrogen-bond donors (Lipinski definition) is 0. The molecule has 2 heteroatoms. The average molecular weight is 456 g/mol. The molecule has 0 N–H and O–H groups in total. The van der Waals surface area contributed by atoms with Crippen molar-refractivity contribution in [3.05, 3.63) is 34.9 Å². The van der Waals surface area contributed by atoms with E-state index in [1.54, 1.807) is 11.1 Å². The molecule has 3 unspecified atom stereocenters. The van der Waals surface area contributed by atoms with Crippen LogP contribution in [0.5, 0.6) is 0 Å². The number of halogens is 1. The fourth-order valence-corrected chi connectivity index (χ4v) is 6.28. The van der Waals surface area contributed by atoms with E-state index in [4.69, 9.17) is 0 Å². The second kappa shape index (κ2) is 7.14. The van der Waals surface area contributed by atoms with Crippen LogP contribution in [-0.2, 0) is 11.8 Å². The summed E-state index contributed by atoms with van der Waals surface area (Å²) in [5, 5.41) is 0. The minimum atomic E-state index is 0. The molecule has 0 aliphatic heterocycles. The third kappa shape index (κ3) is 3.95. The fraction of sp³-hybridized carbons (Fsp3) is 0.739. The van der Waals surface area contributed by atoms with Crippen LogP contribution in [0.15, 0.2) is 18.2 Å². The highest BCUT2D eigenvalue weighted by atomic mass is 127. The minimum absolute atomic E-state index is 0. The van der Waals surface area contributed by atoms with E-state index in [1.807, 2.05) is 0 Å². The average Bonchev–Trinajstić information content (AvgIpc) is 2.44. The zero-order valence-electron chi connectivity index (χ0n) is 17.5. The van der Waals surface area contributed by atoms with E-state index in [0.717, 1.165) is 10.4 Å². The van der Waals surface area contributed by atoms with Gasteiger partial charge >= 0.3 is 0 Å². The highest BCUT2D eigenvalue weighted by molar-refractivity contribution is 14.0. The number of nitrogens with zero attached hydrogens (tertiary/aromatic N) is 1. The molecule has 1 saturated carbocycles. The quantitative estimate of drug-likeness (QED) is 0.378. The van der Waals surface area contributed by atoms with Gasteiger partial charge in [-0.05, 0) is 59.6 Å². The molecule has 0 spiro atoms. The normalized spacial score (nSPS) is 31.9. The highest BCUT2D eigenvalue weighted by Gasteiger charge is 2.53. The molecule has 2 aliphatic rings. The van der Waals surface area contributed by atoms with Gasteiger partial charge in [0.25, 0.3) is 0 Å². The van der Waals surface area contributed by atoms with Crippen LogP contribution in [0, 0.1) is 11.3 Å². The fourth-order valence-electron chi connectivity index (χ4n) is 6.28. The summed E-state index contributed by atoms with van der Waals surface area (Å²) in [6.45, 7) is 11.1. The number of benzene rings is 1. The molecule has 1 nitrogen and oxygen atoms in total. The highest BCUT2D eigenvalue weighted by Crippen LogP contribution is 2.57. The standard InChI is InChI=1S/C23H38N.HI/c1-17(2)18-9-11-20-19(15-18)10-12-21-22(3,16-24(5,6)7)13-8-14-23(20,21)4;/h9,11,15,17,21H,8,10,12-14,16H2,1-7H3;1H/q+1;. The lowest BCUT2D eigenvalue weighted by atomic mass is 9.49. The zero-order valence-corrected chi connectivity index (χ0v) is 19.8. The molecule has 1 aromatic rings. The number of aryl methyl sites for hydroxylation is 1. The monoisotopic (exact) mass is 456 g/mol. The summed E-state index contributed by atoms with van der Waals surface area (Å²) in [5.41, 5.74) is 5.69. The Kier molecular flexibility index (Phi) is 6.06. The number of fused-ring (bicyclic) bond motifs is 3. The molecule has 3 rings (SSSR count). The van der Waals surface area contributed by atoms with E-state index < -0.39 is 0 Å². The van der Waals surface area contributed by atoms with Crippen LogP contribution >= 0.6 is 24.0 Å². The van der Waals surface area contributed by atoms with E-state index in [9.17, 15) is 0 Å². The molecule has 25 heavy (non-hydrogen) atoms. The zero-order chi connectivity index (χ0) is 17.8. The van der Waals surface area contributed by atoms with Gasteiger partial charge in [-0.2, -0.15) is 0 Å². The van der Waals surface area contributed by atoms with Crippen molar-refractivity contribution in [1.29, 1.82) is 0 Å². The summed E-state index contributed by atoms with van der Waals surface area (Å²) in [6, 6.07) is 7.42. The third-order valence-corrected chi connectivity index (χ3v) is 7.00. The third-order valence-electron chi connectivity index (χ3n) is 7.00. The van der Waals surface area contributed by atoms with Crippen LogP contribution in [0.25, 0.3) is 0 Å². The first kappa shape index (κ1) is 21.2. The second-order valence-electron chi connectivity index (χ2n) is 10.5. The Hall–Kier alpha value is -0.0900. The molecule has 1 fully saturated rings. The summed E-state index contributed by atoms with van der Waals surface area (Å²) in [7, 11) is 7.09. The van der Waals surface area contributed by atoms with Gasteiger partial charge in [0.05, 0.1) is 27.7 Å². The SMILES string of the molecule is CC(C)c1ccc2c(c1)CCC1C(C)(C[N+](C)(C)C)CCCC21C.I. The van der Waals surface area contributed by atoms with Crippen LogP contribution in [0.4, 0.5) is 0 Å². The lowest BCUT2D eigenvalue weighted by Gasteiger charge is -2.56. The Morgan fingerprint density at radius 2 is 1.80 bits per heavy atom. The van der Waals surface area contributed by atoms with Crippen molar-refractivity contribution >= 4 is 24.0 Å². The molecule has 1 aromatic carbocycles. The van der Waals surface area contributed by atoms with Gasteiger partial charge in [0, 0.05) is 5.41 Å². The molecule has 0 radical (unpaired) electrons. The molecule has 0 saturated heterocycles. The van der Waals surface area contributed by atoms with E-state index in [-0.39, 0.29) is 24.0 Å². The molecular weight excluding hydrogens is 417 g/mol. The first-order valence-corrected chi connectivity index (χ1v) is 9.99. The number of rotatable bonds is 3. The van der Waals surface area contributed by atoms with E-state index in [1.165, 1.54) is 44.2 Å². The van der Waals surface area contributed by atoms with Crippen LogP contribution in [0.3, 0.4) is 0 Å². The van der Waals surface area contributed by atoms with Gasteiger partial charge in [-0.15, -0.1) is 24.0 Å². The van der Waals surface area contributed by atoms with E-state index >= 15 is 0 Å². The Balaban J connectivity index is 0.00000225. The van der Waals surface area contributed by atoms with Gasteiger partial charge in [-0.25, -0.2) is 0 Å². The molecule has 0 amide bonds. The minimum Gasteiger partial charge on any atom is -0.330 e. The topological polar surface area (TPSA) is 0 Å². The van der Waals surface area contributed by atoms with Gasteiger partial charge in [-0.3, -0.25) is 0 Å². The van der Waals surface area contributed by atoms with Crippen molar-refractivity contribution in [2.24, 2.45) is 11.3 Å². The van der Waals surface area contributed by atoms with Gasteiger partial charge in [0.2, 0.25) is 0 Å². The molecule has 2 aliphatic carbocycles.